The first-order valence-electron chi connectivity index (χ1n) is 6.73. The molecular formula is C12H28NNaO3S. The van der Waals surface area contributed by atoms with Crippen molar-refractivity contribution in [2.75, 3.05) is 5.75 Å². The zero-order valence-corrected chi connectivity index (χ0v) is 11.8. The van der Waals surface area contributed by atoms with Crippen LogP contribution in [0, 0.1) is 0 Å². The van der Waals surface area contributed by atoms with E-state index in [0.29, 0.717) is 6.42 Å². The second-order valence-corrected chi connectivity index (χ2v) is 6.26. The Balaban J connectivity index is 0. The fourth-order valence-electron chi connectivity index (χ4n) is 1.81. The predicted molar refractivity (Wildman–Crippen MR) is 78.1 cm³/mol. The summed E-state index contributed by atoms with van der Waals surface area (Å²) < 4.78 is 25.7. The van der Waals surface area contributed by atoms with Crippen LogP contribution in [0.2, 0.25) is 0 Å². The zero-order chi connectivity index (χ0) is 13.0. The minimum atomic E-state index is -3.45. The fourth-order valence-corrected chi connectivity index (χ4v) is 2.47. The molecule has 0 bridgehead atoms. The summed E-state index contributed by atoms with van der Waals surface area (Å²) in [7, 11) is -3.45. The Morgan fingerprint density at radius 1 is 0.833 bits per heavy atom. The standard InChI is InChI=1S/C12H27NO3S.Na.H/c1-2-3-4-5-6-7-8-9-10-11-12-17(14,15)16-13;;/h2-13H2,1H3;;. The van der Waals surface area contributed by atoms with Gasteiger partial charge < -0.3 is 0 Å². The molecule has 0 saturated carbocycles. The molecule has 0 aromatic carbocycles. The summed E-state index contributed by atoms with van der Waals surface area (Å²) in [6.07, 6.45) is 11.8. The van der Waals surface area contributed by atoms with Crippen LogP contribution in [0.3, 0.4) is 0 Å². The monoisotopic (exact) mass is 289 g/mol. The first kappa shape index (κ1) is 21.2. The third-order valence-electron chi connectivity index (χ3n) is 2.89. The van der Waals surface area contributed by atoms with E-state index in [0.717, 1.165) is 12.8 Å². The summed E-state index contributed by atoms with van der Waals surface area (Å²) in [4.78, 5) is 0. The maximum atomic E-state index is 10.9. The Kier molecular flexibility index (Phi) is 16.8. The number of hydrogen-bond donors (Lipinski definition) is 1. The SMILES string of the molecule is CCCCCCCCCCCCS(=O)(=O)ON.[NaH]. The fraction of sp³-hybridized carbons (Fsp3) is 1.00. The predicted octanol–water partition coefficient (Wildman–Crippen LogP) is 2.48. The van der Waals surface area contributed by atoms with E-state index in [1.54, 1.807) is 0 Å². The van der Waals surface area contributed by atoms with Crippen LogP contribution in [0.1, 0.15) is 71.1 Å². The van der Waals surface area contributed by atoms with Gasteiger partial charge in [0.05, 0.1) is 5.75 Å². The van der Waals surface area contributed by atoms with Gasteiger partial charge >= 0.3 is 29.6 Å². The van der Waals surface area contributed by atoms with Gasteiger partial charge in [0.1, 0.15) is 0 Å². The van der Waals surface area contributed by atoms with E-state index in [-0.39, 0.29) is 35.3 Å². The van der Waals surface area contributed by atoms with Crippen LogP contribution in [0.5, 0.6) is 0 Å². The maximum absolute atomic E-state index is 10.9. The van der Waals surface area contributed by atoms with Crippen molar-refractivity contribution < 1.29 is 12.7 Å². The normalized spacial score (nSPS) is 11.2. The minimum absolute atomic E-state index is 0. The van der Waals surface area contributed by atoms with Crippen LogP contribution in [-0.4, -0.2) is 43.7 Å². The van der Waals surface area contributed by atoms with Crippen molar-refractivity contribution in [2.45, 2.75) is 71.1 Å². The molecule has 0 aromatic heterocycles. The van der Waals surface area contributed by atoms with Gasteiger partial charge in [0, 0.05) is 0 Å². The molecule has 0 rings (SSSR count). The van der Waals surface area contributed by atoms with Gasteiger partial charge in [0.15, 0.2) is 0 Å². The molecule has 18 heavy (non-hydrogen) atoms. The molecule has 4 nitrogen and oxygen atoms in total. The van der Waals surface area contributed by atoms with E-state index < -0.39 is 10.1 Å². The van der Waals surface area contributed by atoms with Crippen LogP contribution in [0.4, 0.5) is 0 Å². The summed E-state index contributed by atoms with van der Waals surface area (Å²) >= 11 is 0. The van der Waals surface area contributed by atoms with E-state index in [1.807, 2.05) is 0 Å². The molecule has 0 aliphatic rings. The van der Waals surface area contributed by atoms with E-state index in [1.165, 1.54) is 44.9 Å². The molecule has 0 aliphatic heterocycles. The summed E-state index contributed by atoms with van der Waals surface area (Å²) in [5, 5.41) is 0. The number of hydrogen-bond acceptors (Lipinski definition) is 4. The van der Waals surface area contributed by atoms with Gasteiger partial charge in [-0.1, -0.05) is 64.7 Å². The zero-order valence-electron chi connectivity index (χ0n) is 11.0. The van der Waals surface area contributed by atoms with Crippen molar-refractivity contribution in [1.82, 2.24) is 0 Å². The van der Waals surface area contributed by atoms with Crippen molar-refractivity contribution >= 4 is 39.7 Å². The number of unbranched alkanes of at least 4 members (excludes halogenated alkanes) is 9. The van der Waals surface area contributed by atoms with Crippen LogP contribution >= 0.6 is 0 Å². The van der Waals surface area contributed by atoms with Crippen LogP contribution in [0.15, 0.2) is 0 Å². The van der Waals surface area contributed by atoms with Crippen molar-refractivity contribution in [3.8, 4) is 0 Å². The summed E-state index contributed by atoms with van der Waals surface area (Å²) in [6.45, 7) is 2.22. The molecule has 0 saturated heterocycles. The average molecular weight is 289 g/mol. The Morgan fingerprint density at radius 2 is 1.22 bits per heavy atom. The Bertz CT molecular complexity index is 258. The molecule has 0 radical (unpaired) electrons. The van der Waals surface area contributed by atoms with Gasteiger partial charge in [0.2, 0.25) is 0 Å². The molecule has 0 aliphatic carbocycles. The topological polar surface area (TPSA) is 69.4 Å². The molecule has 0 heterocycles. The Morgan fingerprint density at radius 3 is 1.61 bits per heavy atom. The summed E-state index contributed by atoms with van der Waals surface area (Å²) in [5.41, 5.74) is 0. The van der Waals surface area contributed by atoms with Gasteiger partial charge in [-0.2, -0.15) is 18.6 Å². The van der Waals surface area contributed by atoms with Gasteiger partial charge in [-0.15, -0.1) is 0 Å². The van der Waals surface area contributed by atoms with Crippen LogP contribution in [-0.2, 0) is 14.4 Å². The molecule has 0 fully saturated rings. The first-order valence-corrected chi connectivity index (χ1v) is 8.31. The quantitative estimate of drug-likeness (QED) is 0.340. The van der Waals surface area contributed by atoms with Crippen molar-refractivity contribution in [2.24, 2.45) is 5.90 Å². The molecular weight excluding hydrogens is 261 g/mol. The number of nitrogens with two attached hydrogens (primary N) is 1. The molecule has 0 atom stereocenters. The second kappa shape index (κ2) is 14.3. The Hall–Kier alpha value is 0.870. The van der Waals surface area contributed by atoms with E-state index in [4.69, 9.17) is 0 Å². The second-order valence-electron chi connectivity index (χ2n) is 4.54. The molecule has 6 heteroatoms. The molecule has 0 unspecified atom stereocenters. The summed E-state index contributed by atoms with van der Waals surface area (Å²) in [5.74, 6) is 4.68. The first-order chi connectivity index (χ1) is 8.12. The van der Waals surface area contributed by atoms with Gasteiger partial charge in [0.25, 0.3) is 10.1 Å². The van der Waals surface area contributed by atoms with Crippen molar-refractivity contribution in [3.05, 3.63) is 0 Å². The number of rotatable bonds is 12. The Labute approximate surface area is 134 Å². The molecule has 0 aromatic rings. The third-order valence-corrected chi connectivity index (χ3v) is 3.98. The van der Waals surface area contributed by atoms with Crippen molar-refractivity contribution in [1.29, 1.82) is 0 Å². The van der Waals surface area contributed by atoms with E-state index in [2.05, 4.69) is 17.1 Å². The van der Waals surface area contributed by atoms with Gasteiger partial charge in [-0.05, 0) is 6.42 Å². The van der Waals surface area contributed by atoms with Crippen molar-refractivity contribution in [3.63, 3.8) is 0 Å². The van der Waals surface area contributed by atoms with Crippen LogP contribution in [0.25, 0.3) is 0 Å². The van der Waals surface area contributed by atoms with E-state index in [9.17, 15) is 8.42 Å². The summed E-state index contributed by atoms with van der Waals surface area (Å²) in [6, 6.07) is 0. The molecule has 0 spiro atoms. The molecule has 2 N–H and O–H groups in total. The van der Waals surface area contributed by atoms with Crippen LogP contribution < -0.4 is 5.90 Å². The van der Waals surface area contributed by atoms with Gasteiger partial charge in [-0.25, -0.2) is 0 Å². The molecule has 106 valence electrons. The third kappa shape index (κ3) is 14.9. The average Bonchev–Trinajstić information content (AvgIpc) is 2.31. The van der Waals surface area contributed by atoms with E-state index >= 15 is 0 Å². The van der Waals surface area contributed by atoms with Gasteiger partial charge in [-0.3, -0.25) is 0 Å². The molecule has 0 amide bonds.